The summed E-state index contributed by atoms with van der Waals surface area (Å²) in [6.45, 7) is 9.87. The van der Waals surface area contributed by atoms with E-state index in [-0.39, 0.29) is 18.7 Å². The maximum atomic E-state index is 12.0. The first kappa shape index (κ1) is 17.6. The molecule has 0 aromatic carbocycles. The monoisotopic (exact) mass is 300 g/mol. The number of amides is 1. The molecule has 1 fully saturated rings. The van der Waals surface area contributed by atoms with Crippen molar-refractivity contribution in [1.29, 1.82) is 0 Å². The number of rotatable bonds is 3. The molecule has 0 aliphatic carbocycles. The quantitative estimate of drug-likeness (QED) is 0.589. The van der Waals surface area contributed by atoms with Crippen LogP contribution in [0, 0.1) is 0 Å². The number of aliphatic hydroxyl groups is 1. The van der Waals surface area contributed by atoms with Crippen molar-refractivity contribution in [2.45, 2.75) is 45.8 Å². The van der Waals surface area contributed by atoms with E-state index in [1.165, 1.54) is 0 Å². The standard InChI is InChI=1S/C14H28N4O3/c1-5-11(10-19)16-12(15)17-6-8-18(9-7-17)13(20)21-14(2,3)4/h11,19H,5-10H2,1-4H3,(H2,15,16)/t11-/m1/s1. The molecule has 3 N–H and O–H groups in total. The van der Waals surface area contributed by atoms with Gasteiger partial charge in [0.25, 0.3) is 0 Å². The summed E-state index contributed by atoms with van der Waals surface area (Å²) >= 11 is 0. The van der Waals surface area contributed by atoms with Crippen LogP contribution in [0.15, 0.2) is 4.99 Å². The fourth-order valence-corrected chi connectivity index (χ4v) is 1.97. The lowest BCUT2D eigenvalue weighted by Crippen LogP contribution is -2.53. The Morgan fingerprint density at radius 2 is 1.81 bits per heavy atom. The molecule has 1 heterocycles. The van der Waals surface area contributed by atoms with E-state index < -0.39 is 5.60 Å². The van der Waals surface area contributed by atoms with Gasteiger partial charge in [-0.2, -0.15) is 0 Å². The first-order valence-electron chi connectivity index (χ1n) is 7.43. The molecule has 1 aliphatic heterocycles. The summed E-state index contributed by atoms with van der Waals surface area (Å²) in [5, 5.41) is 9.15. The number of piperazine rings is 1. The number of carbonyl (C=O) groups is 1. The van der Waals surface area contributed by atoms with Gasteiger partial charge in [-0.1, -0.05) is 6.92 Å². The third kappa shape index (κ3) is 5.79. The molecular formula is C14H28N4O3. The van der Waals surface area contributed by atoms with Gasteiger partial charge in [0.1, 0.15) is 5.60 Å². The summed E-state index contributed by atoms with van der Waals surface area (Å²) in [5.41, 5.74) is 5.47. The summed E-state index contributed by atoms with van der Waals surface area (Å²) in [6, 6.07) is -0.158. The van der Waals surface area contributed by atoms with Crippen LogP contribution in [0.1, 0.15) is 34.1 Å². The molecule has 1 atom stereocenters. The lowest BCUT2D eigenvalue weighted by molar-refractivity contribution is 0.0186. The Labute approximate surface area is 126 Å². The predicted molar refractivity (Wildman–Crippen MR) is 82.2 cm³/mol. The van der Waals surface area contributed by atoms with Gasteiger partial charge in [-0.15, -0.1) is 0 Å². The van der Waals surface area contributed by atoms with Gasteiger partial charge in [-0.25, -0.2) is 9.79 Å². The van der Waals surface area contributed by atoms with Crippen LogP contribution in [0.5, 0.6) is 0 Å². The van der Waals surface area contributed by atoms with E-state index >= 15 is 0 Å². The van der Waals surface area contributed by atoms with Gasteiger partial charge in [-0.3, -0.25) is 0 Å². The molecule has 1 saturated heterocycles. The molecular weight excluding hydrogens is 272 g/mol. The van der Waals surface area contributed by atoms with Gasteiger partial charge in [-0.05, 0) is 27.2 Å². The maximum Gasteiger partial charge on any atom is 0.410 e. The Balaban J connectivity index is 2.50. The van der Waals surface area contributed by atoms with E-state index in [9.17, 15) is 4.79 Å². The highest BCUT2D eigenvalue weighted by Gasteiger charge is 2.26. The van der Waals surface area contributed by atoms with Crippen molar-refractivity contribution in [2.75, 3.05) is 32.8 Å². The van der Waals surface area contributed by atoms with Crippen LogP contribution in [0.4, 0.5) is 4.79 Å². The second kappa shape index (κ2) is 7.49. The third-order valence-electron chi connectivity index (χ3n) is 3.25. The zero-order valence-corrected chi connectivity index (χ0v) is 13.5. The molecule has 7 heteroatoms. The van der Waals surface area contributed by atoms with Crippen LogP contribution < -0.4 is 5.73 Å². The molecule has 0 aromatic heterocycles. The van der Waals surface area contributed by atoms with Crippen LogP contribution in [-0.4, -0.2) is 71.4 Å². The zero-order chi connectivity index (χ0) is 16.0. The number of nitrogens with zero attached hydrogens (tertiary/aromatic N) is 3. The molecule has 1 rings (SSSR count). The topological polar surface area (TPSA) is 91.4 Å². The molecule has 0 saturated carbocycles. The highest BCUT2D eigenvalue weighted by atomic mass is 16.6. The molecule has 122 valence electrons. The average molecular weight is 300 g/mol. The Bertz CT molecular complexity index is 367. The van der Waals surface area contributed by atoms with Crippen LogP contribution in [0.2, 0.25) is 0 Å². The van der Waals surface area contributed by atoms with Crippen molar-refractivity contribution >= 4 is 12.1 Å². The first-order valence-corrected chi connectivity index (χ1v) is 7.43. The first-order chi connectivity index (χ1) is 9.76. The van der Waals surface area contributed by atoms with Crippen molar-refractivity contribution in [3.8, 4) is 0 Å². The minimum Gasteiger partial charge on any atom is -0.444 e. The fourth-order valence-electron chi connectivity index (χ4n) is 1.97. The Kier molecular flexibility index (Phi) is 6.26. The number of hydrogen-bond acceptors (Lipinski definition) is 4. The van der Waals surface area contributed by atoms with Crippen LogP contribution in [0.25, 0.3) is 0 Å². The lowest BCUT2D eigenvalue weighted by atomic mass is 10.2. The number of guanidine groups is 1. The van der Waals surface area contributed by atoms with Gasteiger partial charge in [0.2, 0.25) is 0 Å². The molecule has 0 bridgehead atoms. The van der Waals surface area contributed by atoms with E-state index in [1.54, 1.807) is 4.90 Å². The maximum absolute atomic E-state index is 12.0. The van der Waals surface area contributed by atoms with Crippen molar-refractivity contribution in [3.05, 3.63) is 0 Å². The molecule has 0 radical (unpaired) electrons. The van der Waals surface area contributed by atoms with Gasteiger partial charge >= 0.3 is 6.09 Å². The van der Waals surface area contributed by atoms with Crippen molar-refractivity contribution < 1.29 is 14.6 Å². The van der Waals surface area contributed by atoms with Gasteiger partial charge in [0, 0.05) is 26.2 Å². The fraction of sp³-hybridized carbons (Fsp3) is 0.857. The Morgan fingerprint density at radius 3 is 2.24 bits per heavy atom. The van der Waals surface area contributed by atoms with Gasteiger partial charge in [0.05, 0.1) is 12.6 Å². The molecule has 7 nitrogen and oxygen atoms in total. The van der Waals surface area contributed by atoms with E-state index in [4.69, 9.17) is 15.6 Å². The van der Waals surface area contributed by atoms with E-state index in [2.05, 4.69) is 4.99 Å². The summed E-state index contributed by atoms with van der Waals surface area (Å²) < 4.78 is 5.35. The number of aliphatic hydroxyl groups excluding tert-OH is 1. The minimum absolute atomic E-state index is 0.00489. The number of hydrogen-bond donors (Lipinski definition) is 2. The largest absolute Gasteiger partial charge is 0.444 e. The van der Waals surface area contributed by atoms with E-state index in [0.29, 0.717) is 32.1 Å². The number of aliphatic imine (C=N–C) groups is 1. The molecule has 0 unspecified atom stereocenters. The van der Waals surface area contributed by atoms with E-state index in [0.717, 1.165) is 6.42 Å². The van der Waals surface area contributed by atoms with Gasteiger partial charge in [0.15, 0.2) is 5.96 Å². The Hall–Kier alpha value is -1.50. The highest BCUT2D eigenvalue weighted by Crippen LogP contribution is 2.12. The number of carbonyl (C=O) groups excluding carboxylic acids is 1. The number of ether oxygens (including phenoxy) is 1. The van der Waals surface area contributed by atoms with Crippen LogP contribution >= 0.6 is 0 Å². The lowest BCUT2D eigenvalue weighted by Gasteiger charge is -2.36. The van der Waals surface area contributed by atoms with Crippen molar-refractivity contribution in [3.63, 3.8) is 0 Å². The zero-order valence-electron chi connectivity index (χ0n) is 13.5. The average Bonchev–Trinajstić information content (AvgIpc) is 2.42. The molecule has 1 aliphatic rings. The van der Waals surface area contributed by atoms with E-state index in [1.807, 2.05) is 32.6 Å². The minimum atomic E-state index is -0.482. The van der Waals surface area contributed by atoms with Crippen molar-refractivity contribution in [2.24, 2.45) is 10.7 Å². The highest BCUT2D eigenvalue weighted by molar-refractivity contribution is 5.78. The Morgan fingerprint density at radius 1 is 1.29 bits per heavy atom. The molecule has 21 heavy (non-hydrogen) atoms. The second-order valence-electron chi connectivity index (χ2n) is 6.19. The van der Waals surface area contributed by atoms with Crippen LogP contribution in [0.3, 0.4) is 0 Å². The summed E-state index contributed by atoms with van der Waals surface area (Å²) in [7, 11) is 0. The second-order valence-corrected chi connectivity index (χ2v) is 6.19. The van der Waals surface area contributed by atoms with Gasteiger partial charge < -0.3 is 25.4 Å². The predicted octanol–water partition coefficient (Wildman–Crippen LogP) is 0.625. The molecule has 0 aromatic rings. The molecule has 0 spiro atoms. The SMILES string of the molecule is CC[C@H](CO)N=C(N)N1CCN(C(=O)OC(C)(C)C)CC1. The number of nitrogens with two attached hydrogens (primary N) is 1. The van der Waals surface area contributed by atoms with Crippen molar-refractivity contribution in [1.82, 2.24) is 9.80 Å². The summed E-state index contributed by atoms with van der Waals surface area (Å²) in [4.78, 5) is 19.9. The summed E-state index contributed by atoms with van der Waals surface area (Å²) in [5.74, 6) is 0.430. The third-order valence-corrected chi connectivity index (χ3v) is 3.25. The normalized spacial score (nSPS) is 18.6. The smallest absolute Gasteiger partial charge is 0.410 e. The molecule has 1 amide bonds. The van der Waals surface area contributed by atoms with Crippen LogP contribution in [-0.2, 0) is 4.74 Å². The summed E-state index contributed by atoms with van der Waals surface area (Å²) in [6.07, 6.45) is 0.453.